The Morgan fingerprint density at radius 2 is 1.97 bits per heavy atom. The lowest BCUT2D eigenvalue weighted by Gasteiger charge is -2.39. The molecule has 2 fully saturated rings. The van der Waals surface area contributed by atoms with Gasteiger partial charge in [-0.15, -0.1) is 22.7 Å². The van der Waals surface area contributed by atoms with Crippen LogP contribution in [0.4, 0.5) is 5.82 Å². The molecule has 3 aromatic heterocycles. The zero-order valence-electron chi connectivity index (χ0n) is 21.5. The predicted octanol–water partition coefficient (Wildman–Crippen LogP) is 4.32. The van der Waals surface area contributed by atoms with Crippen LogP contribution < -0.4 is 4.90 Å². The molecule has 0 aromatic carbocycles. The third-order valence-electron chi connectivity index (χ3n) is 7.24. The summed E-state index contributed by atoms with van der Waals surface area (Å²) in [6.45, 7) is 8.15. The van der Waals surface area contributed by atoms with Crippen LogP contribution in [0.25, 0.3) is 10.6 Å². The summed E-state index contributed by atoms with van der Waals surface area (Å²) in [5.74, 6) is -0.247. The highest BCUT2D eigenvalue weighted by Gasteiger charge is 2.27. The summed E-state index contributed by atoms with van der Waals surface area (Å²) in [5.41, 5.74) is 1.24. The fourth-order valence-corrected chi connectivity index (χ4v) is 7.36. The van der Waals surface area contributed by atoms with Crippen molar-refractivity contribution in [1.82, 2.24) is 24.8 Å². The summed E-state index contributed by atoms with van der Waals surface area (Å²) >= 11 is 9.37. The van der Waals surface area contributed by atoms with E-state index in [1.165, 1.54) is 19.0 Å². The maximum atomic E-state index is 13.1. The minimum absolute atomic E-state index is 0.0326. The van der Waals surface area contributed by atoms with E-state index in [0.717, 1.165) is 33.5 Å². The number of halogens is 1. The number of rotatable bonds is 9. The Hall–Kier alpha value is -2.44. The van der Waals surface area contributed by atoms with Crippen molar-refractivity contribution in [1.29, 1.82) is 0 Å². The zero-order chi connectivity index (χ0) is 26.8. The molecule has 0 spiro atoms. The molecular formula is C26H31ClN6O3S2. The number of Topliss-reactive ketones (excluding diaryl/α,β-unsaturated/α-hetero) is 1. The molecule has 9 nitrogen and oxygen atoms in total. The number of likely N-dealkylation sites (tertiary alicyclic amines) is 1. The van der Waals surface area contributed by atoms with Gasteiger partial charge in [0, 0.05) is 48.5 Å². The summed E-state index contributed by atoms with van der Waals surface area (Å²) < 4.78 is 0. The molecule has 3 aromatic rings. The van der Waals surface area contributed by atoms with Crippen molar-refractivity contribution in [2.45, 2.75) is 51.7 Å². The van der Waals surface area contributed by atoms with Crippen LogP contribution in [0.2, 0.25) is 5.02 Å². The van der Waals surface area contributed by atoms with Crippen LogP contribution in [-0.2, 0) is 17.8 Å². The molecule has 38 heavy (non-hydrogen) atoms. The highest BCUT2D eigenvalue weighted by Crippen LogP contribution is 2.36. The number of carboxylic acid groups (broad SMARTS) is 1. The summed E-state index contributed by atoms with van der Waals surface area (Å²) in [6.07, 6.45) is 5.75. The molecule has 0 radical (unpaired) electrons. The largest absolute Gasteiger partial charge is 0.480 e. The molecule has 0 bridgehead atoms. The molecule has 1 N–H and O–H groups in total. The number of anilines is 1. The third-order valence-corrected chi connectivity index (χ3v) is 9.57. The van der Waals surface area contributed by atoms with E-state index in [1.807, 2.05) is 23.3 Å². The number of carbonyl (C=O) groups excluding carboxylic acids is 1. The monoisotopic (exact) mass is 574 g/mol. The molecule has 0 saturated carbocycles. The minimum atomic E-state index is -0.822. The predicted molar refractivity (Wildman–Crippen MR) is 150 cm³/mol. The second kappa shape index (κ2) is 11.7. The van der Waals surface area contributed by atoms with Gasteiger partial charge in [0.15, 0.2) is 5.78 Å². The first kappa shape index (κ1) is 27.1. The van der Waals surface area contributed by atoms with Crippen LogP contribution in [0.3, 0.4) is 0 Å². The maximum Gasteiger partial charge on any atom is 0.317 e. The first-order valence-corrected chi connectivity index (χ1v) is 14.9. The Morgan fingerprint density at radius 3 is 2.61 bits per heavy atom. The van der Waals surface area contributed by atoms with E-state index in [0.29, 0.717) is 42.2 Å². The number of hydrogen-bond donors (Lipinski definition) is 1. The van der Waals surface area contributed by atoms with E-state index in [2.05, 4.69) is 26.7 Å². The van der Waals surface area contributed by atoms with E-state index < -0.39 is 5.97 Å². The Morgan fingerprint density at radius 1 is 1.13 bits per heavy atom. The van der Waals surface area contributed by atoms with Crippen molar-refractivity contribution in [2.75, 3.05) is 37.6 Å². The molecule has 2 saturated heterocycles. The summed E-state index contributed by atoms with van der Waals surface area (Å²) in [5, 5.41) is 12.5. The lowest BCUT2D eigenvalue weighted by molar-refractivity contribution is -0.139. The van der Waals surface area contributed by atoms with Gasteiger partial charge in [0.05, 0.1) is 41.0 Å². The Kier molecular flexibility index (Phi) is 8.39. The minimum Gasteiger partial charge on any atom is -0.480 e. The van der Waals surface area contributed by atoms with Crippen LogP contribution in [0.5, 0.6) is 0 Å². The van der Waals surface area contributed by atoms with Crippen LogP contribution in [0, 0.1) is 0 Å². The van der Waals surface area contributed by atoms with Crippen LogP contribution in [-0.4, -0.2) is 86.4 Å². The Bertz CT molecular complexity index is 1300. The topological polar surface area (TPSA) is 103 Å². The normalized spacial score (nSPS) is 20.8. The molecule has 0 unspecified atom stereocenters. The molecule has 0 aliphatic carbocycles. The van der Waals surface area contributed by atoms with Crippen molar-refractivity contribution in [3.63, 3.8) is 0 Å². The van der Waals surface area contributed by atoms with Gasteiger partial charge in [-0.05, 0) is 39.3 Å². The van der Waals surface area contributed by atoms with Crippen molar-refractivity contribution < 1.29 is 14.7 Å². The van der Waals surface area contributed by atoms with Crippen LogP contribution in [0.1, 0.15) is 47.1 Å². The lowest BCUT2D eigenvalue weighted by atomic mass is 10.2. The van der Waals surface area contributed by atoms with Gasteiger partial charge in [0.2, 0.25) is 0 Å². The van der Waals surface area contributed by atoms with Gasteiger partial charge in [-0.25, -0.2) is 15.0 Å². The van der Waals surface area contributed by atoms with Gasteiger partial charge in [0.25, 0.3) is 0 Å². The molecule has 2 atom stereocenters. The second-order valence-corrected chi connectivity index (χ2v) is 12.5. The number of hydrogen-bond acceptors (Lipinski definition) is 10. The van der Waals surface area contributed by atoms with Crippen molar-refractivity contribution >= 4 is 51.8 Å². The van der Waals surface area contributed by atoms with Gasteiger partial charge in [-0.1, -0.05) is 11.6 Å². The van der Waals surface area contributed by atoms with Gasteiger partial charge >= 0.3 is 5.97 Å². The number of piperazine rings is 1. The summed E-state index contributed by atoms with van der Waals surface area (Å²) in [7, 11) is 0. The first-order valence-electron chi connectivity index (χ1n) is 12.8. The third kappa shape index (κ3) is 6.23. The number of thiazole rings is 1. The SMILES string of the molecule is C[C@@H]1CCCN1Cc1sc(CC(=O)c2cnc(N3CCN(CC(=O)O)[C@@H](C)C3)cn2)nc1-c1cc(Cl)cs1. The molecule has 202 valence electrons. The molecule has 12 heteroatoms. The van der Waals surface area contributed by atoms with Crippen molar-refractivity contribution in [2.24, 2.45) is 0 Å². The molecular weight excluding hydrogens is 544 g/mol. The van der Waals surface area contributed by atoms with Gasteiger partial charge in [-0.2, -0.15) is 0 Å². The molecule has 5 rings (SSSR count). The number of nitrogens with zero attached hydrogens (tertiary/aromatic N) is 6. The molecule has 5 heterocycles. The van der Waals surface area contributed by atoms with Gasteiger partial charge < -0.3 is 10.0 Å². The number of aliphatic carboxylic acids is 1. The smallest absolute Gasteiger partial charge is 0.317 e. The molecule has 0 amide bonds. The lowest BCUT2D eigenvalue weighted by Crippen LogP contribution is -2.53. The quantitative estimate of drug-likeness (QED) is 0.374. The highest BCUT2D eigenvalue weighted by molar-refractivity contribution is 7.15. The standard InChI is InChI=1S/C26H31ClN6O3S2/c1-16-4-3-5-31(16)13-22-26(21-8-18(27)15-37-21)30-24(38-22)9-20(34)19-10-29-23(11-28-19)33-7-6-32(14-25(35)36)17(2)12-33/h8,10-11,15-17H,3-7,9,12-14H2,1-2H3,(H,35,36)/t16-,17+/m1/s1. The van der Waals surface area contributed by atoms with E-state index in [9.17, 15) is 9.59 Å². The van der Waals surface area contributed by atoms with E-state index in [1.54, 1.807) is 28.9 Å². The summed E-state index contributed by atoms with van der Waals surface area (Å²) in [6, 6.07) is 2.56. The molecule has 2 aliphatic rings. The zero-order valence-corrected chi connectivity index (χ0v) is 23.9. The number of thiophene rings is 1. The maximum absolute atomic E-state index is 13.1. The fourth-order valence-electron chi connectivity index (χ4n) is 5.09. The van der Waals surface area contributed by atoms with E-state index in [4.69, 9.17) is 21.7 Å². The average molecular weight is 575 g/mol. The van der Waals surface area contributed by atoms with Crippen LogP contribution >= 0.6 is 34.3 Å². The summed E-state index contributed by atoms with van der Waals surface area (Å²) in [4.78, 5) is 46.7. The number of carboxylic acids is 1. The van der Waals surface area contributed by atoms with Crippen molar-refractivity contribution in [3.8, 4) is 10.6 Å². The van der Waals surface area contributed by atoms with Crippen LogP contribution in [0.15, 0.2) is 23.8 Å². The van der Waals surface area contributed by atoms with Crippen molar-refractivity contribution in [3.05, 3.63) is 44.4 Å². The van der Waals surface area contributed by atoms with Gasteiger partial charge in [0.1, 0.15) is 16.5 Å². The number of aromatic nitrogens is 3. The first-order chi connectivity index (χ1) is 18.3. The Labute approximate surface area is 235 Å². The average Bonchev–Trinajstić information content (AvgIpc) is 3.61. The van der Waals surface area contributed by atoms with E-state index in [-0.39, 0.29) is 24.8 Å². The number of ketones is 1. The fraction of sp³-hybridized carbons (Fsp3) is 0.500. The highest BCUT2D eigenvalue weighted by atomic mass is 35.5. The molecule has 2 aliphatic heterocycles. The second-order valence-electron chi connectivity index (χ2n) is 9.99. The van der Waals surface area contributed by atoms with Gasteiger partial charge in [-0.3, -0.25) is 19.4 Å². The Balaban J connectivity index is 1.27. The van der Waals surface area contributed by atoms with E-state index >= 15 is 0 Å². The number of carbonyl (C=O) groups is 2.